The fraction of sp³-hybridized carbons (Fsp3) is 1.00. The van der Waals surface area contributed by atoms with Gasteiger partial charge in [-0.05, 0) is 12.3 Å². The van der Waals surface area contributed by atoms with Gasteiger partial charge in [-0.2, -0.15) is 0 Å². The van der Waals surface area contributed by atoms with E-state index in [9.17, 15) is 0 Å². The Balaban J connectivity index is 0.00000169. The molecule has 1 heterocycles. The van der Waals surface area contributed by atoms with Crippen LogP contribution in [0.4, 0.5) is 0 Å². The van der Waals surface area contributed by atoms with E-state index in [2.05, 4.69) is 26.1 Å². The van der Waals surface area contributed by atoms with Gasteiger partial charge in [-0.25, -0.2) is 0 Å². The Labute approximate surface area is 94.2 Å². The number of nitrogens with one attached hydrogen (secondary N) is 1. The van der Waals surface area contributed by atoms with Gasteiger partial charge in [0.05, 0.1) is 12.2 Å². The van der Waals surface area contributed by atoms with Crippen LogP contribution in [0.15, 0.2) is 0 Å². The van der Waals surface area contributed by atoms with Crippen LogP contribution in [-0.4, -0.2) is 25.3 Å². The summed E-state index contributed by atoms with van der Waals surface area (Å²) >= 11 is 0. The minimum atomic E-state index is 0. The van der Waals surface area contributed by atoms with Crippen molar-refractivity contribution in [2.24, 2.45) is 5.92 Å². The quantitative estimate of drug-likeness (QED) is 0.788. The summed E-state index contributed by atoms with van der Waals surface area (Å²) in [5.41, 5.74) is 0. The summed E-state index contributed by atoms with van der Waals surface area (Å²) in [4.78, 5) is 0. The molecule has 0 aromatic rings. The Hall–Kier alpha value is 0.210. The number of morpholine rings is 1. The summed E-state index contributed by atoms with van der Waals surface area (Å²) in [5.74, 6) is 0.636. The van der Waals surface area contributed by atoms with Crippen LogP contribution in [-0.2, 0) is 4.74 Å². The molecule has 0 aromatic heterocycles. The monoisotopic (exact) mass is 221 g/mol. The Bertz CT molecular complexity index is 141. The predicted molar refractivity (Wildman–Crippen MR) is 63.1 cm³/mol. The first kappa shape index (κ1) is 14.2. The van der Waals surface area contributed by atoms with Crippen LogP contribution in [0, 0.1) is 5.92 Å². The normalized spacial score (nSPS) is 27.4. The zero-order chi connectivity index (χ0) is 9.68. The Kier molecular flexibility index (Phi) is 7.61. The molecular weight excluding hydrogens is 198 g/mol. The number of hydrogen-bond donors (Lipinski definition) is 1. The minimum Gasteiger partial charge on any atom is -0.372 e. The molecule has 0 spiro atoms. The Morgan fingerprint density at radius 2 is 2.07 bits per heavy atom. The highest BCUT2D eigenvalue weighted by molar-refractivity contribution is 5.85. The van der Waals surface area contributed by atoms with Crippen molar-refractivity contribution < 1.29 is 4.74 Å². The molecule has 1 saturated heterocycles. The van der Waals surface area contributed by atoms with Gasteiger partial charge in [-0.3, -0.25) is 0 Å². The molecule has 0 aliphatic carbocycles. The predicted octanol–water partition coefficient (Wildman–Crippen LogP) is 2.61. The highest BCUT2D eigenvalue weighted by atomic mass is 35.5. The molecule has 1 aliphatic rings. The number of halogens is 1. The van der Waals surface area contributed by atoms with Gasteiger partial charge in [0.25, 0.3) is 0 Å². The lowest BCUT2D eigenvalue weighted by Crippen LogP contribution is -2.46. The van der Waals surface area contributed by atoms with Crippen LogP contribution in [0.25, 0.3) is 0 Å². The SMILES string of the molecule is CCCC[C@@H]1CNC[C@H](C(C)C)O1.Cl. The number of ether oxygens (including phenoxy) is 1. The first-order chi connectivity index (χ1) is 6.24. The molecule has 0 bridgehead atoms. The van der Waals surface area contributed by atoms with Crippen molar-refractivity contribution in [3.05, 3.63) is 0 Å². The maximum atomic E-state index is 5.99. The summed E-state index contributed by atoms with van der Waals surface area (Å²) in [6.45, 7) is 8.77. The third kappa shape index (κ3) is 4.63. The molecule has 0 radical (unpaired) electrons. The van der Waals surface area contributed by atoms with E-state index in [0.29, 0.717) is 18.1 Å². The first-order valence-electron chi connectivity index (χ1n) is 5.60. The largest absolute Gasteiger partial charge is 0.372 e. The van der Waals surface area contributed by atoms with E-state index in [1.165, 1.54) is 19.3 Å². The molecule has 1 N–H and O–H groups in total. The minimum absolute atomic E-state index is 0. The Morgan fingerprint density at radius 3 is 2.64 bits per heavy atom. The van der Waals surface area contributed by atoms with Gasteiger partial charge in [0.2, 0.25) is 0 Å². The van der Waals surface area contributed by atoms with Gasteiger partial charge in [0.15, 0.2) is 0 Å². The highest BCUT2D eigenvalue weighted by Gasteiger charge is 2.23. The van der Waals surface area contributed by atoms with Crippen molar-refractivity contribution >= 4 is 12.4 Å². The van der Waals surface area contributed by atoms with Crippen molar-refractivity contribution in [1.29, 1.82) is 0 Å². The standard InChI is InChI=1S/C11H23NO.ClH/c1-4-5-6-10-7-12-8-11(13-10)9(2)3;/h9-12H,4-8H2,1-3H3;1H/t10-,11-;/m1./s1. The van der Waals surface area contributed by atoms with Crippen LogP contribution in [0.2, 0.25) is 0 Å². The van der Waals surface area contributed by atoms with E-state index in [1.54, 1.807) is 0 Å². The molecule has 2 atom stereocenters. The molecule has 2 nitrogen and oxygen atoms in total. The molecule has 1 aliphatic heterocycles. The second-order valence-electron chi connectivity index (χ2n) is 4.34. The zero-order valence-electron chi connectivity index (χ0n) is 9.58. The van der Waals surface area contributed by atoms with Gasteiger partial charge < -0.3 is 10.1 Å². The van der Waals surface area contributed by atoms with Crippen LogP contribution in [0.1, 0.15) is 40.0 Å². The summed E-state index contributed by atoms with van der Waals surface area (Å²) in [5, 5.41) is 3.45. The van der Waals surface area contributed by atoms with Crippen molar-refractivity contribution in [3.8, 4) is 0 Å². The van der Waals surface area contributed by atoms with Crippen molar-refractivity contribution in [2.45, 2.75) is 52.2 Å². The van der Waals surface area contributed by atoms with Crippen molar-refractivity contribution in [2.75, 3.05) is 13.1 Å². The van der Waals surface area contributed by atoms with E-state index >= 15 is 0 Å². The third-order valence-electron chi connectivity index (χ3n) is 2.71. The van der Waals surface area contributed by atoms with Gasteiger partial charge in [-0.1, -0.05) is 33.6 Å². The molecule has 0 unspecified atom stereocenters. The molecule has 0 saturated carbocycles. The van der Waals surface area contributed by atoms with Crippen LogP contribution in [0.5, 0.6) is 0 Å². The second-order valence-corrected chi connectivity index (χ2v) is 4.34. The molecule has 0 aromatic carbocycles. The molecular formula is C11H24ClNO. The topological polar surface area (TPSA) is 21.3 Å². The lowest BCUT2D eigenvalue weighted by Gasteiger charge is -2.33. The maximum Gasteiger partial charge on any atom is 0.0726 e. The number of hydrogen-bond acceptors (Lipinski definition) is 2. The summed E-state index contributed by atoms with van der Waals surface area (Å²) in [6.07, 6.45) is 4.66. The van der Waals surface area contributed by atoms with Gasteiger partial charge in [0, 0.05) is 13.1 Å². The van der Waals surface area contributed by atoms with E-state index in [0.717, 1.165) is 13.1 Å². The smallest absolute Gasteiger partial charge is 0.0726 e. The summed E-state index contributed by atoms with van der Waals surface area (Å²) in [7, 11) is 0. The highest BCUT2D eigenvalue weighted by Crippen LogP contribution is 2.15. The van der Waals surface area contributed by atoms with Crippen molar-refractivity contribution in [3.63, 3.8) is 0 Å². The van der Waals surface area contributed by atoms with Gasteiger partial charge in [0.1, 0.15) is 0 Å². The van der Waals surface area contributed by atoms with E-state index in [4.69, 9.17) is 4.74 Å². The molecule has 1 rings (SSSR count). The number of rotatable bonds is 4. The number of unbranched alkanes of at least 4 members (excludes halogenated alkanes) is 1. The summed E-state index contributed by atoms with van der Waals surface area (Å²) < 4.78 is 5.99. The Morgan fingerprint density at radius 1 is 1.36 bits per heavy atom. The molecule has 3 heteroatoms. The lowest BCUT2D eigenvalue weighted by atomic mass is 10.0. The first-order valence-corrected chi connectivity index (χ1v) is 5.60. The second kappa shape index (κ2) is 7.49. The lowest BCUT2D eigenvalue weighted by molar-refractivity contribution is -0.0620. The maximum absolute atomic E-state index is 5.99. The van der Waals surface area contributed by atoms with Gasteiger partial charge in [-0.15, -0.1) is 12.4 Å². The average Bonchev–Trinajstić information content (AvgIpc) is 2.15. The molecule has 0 amide bonds. The summed E-state index contributed by atoms with van der Waals surface area (Å²) in [6, 6.07) is 0. The van der Waals surface area contributed by atoms with E-state index < -0.39 is 0 Å². The van der Waals surface area contributed by atoms with Crippen LogP contribution >= 0.6 is 12.4 Å². The molecule has 1 fully saturated rings. The van der Waals surface area contributed by atoms with Gasteiger partial charge >= 0.3 is 0 Å². The molecule has 86 valence electrons. The van der Waals surface area contributed by atoms with Crippen molar-refractivity contribution in [1.82, 2.24) is 5.32 Å². The van der Waals surface area contributed by atoms with E-state index in [1.807, 2.05) is 0 Å². The average molecular weight is 222 g/mol. The fourth-order valence-electron chi connectivity index (χ4n) is 1.72. The van der Waals surface area contributed by atoms with Crippen LogP contribution < -0.4 is 5.32 Å². The third-order valence-corrected chi connectivity index (χ3v) is 2.71. The van der Waals surface area contributed by atoms with Crippen LogP contribution in [0.3, 0.4) is 0 Å². The fourth-order valence-corrected chi connectivity index (χ4v) is 1.72. The van der Waals surface area contributed by atoms with E-state index in [-0.39, 0.29) is 12.4 Å². The zero-order valence-corrected chi connectivity index (χ0v) is 10.4. The molecule has 14 heavy (non-hydrogen) atoms.